The van der Waals surface area contributed by atoms with Gasteiger partial charge in [0.2, 0.25) is 0 Å². The summed E-state index contributed by atoms with van der Waals surface area (Å²) in [7, 11) is 0. The van der Waals surface area contributed by atoms with Crippen LogP contribution in [0.25, 0.3) is 0 Å². The number of hydrogen-bond donors (Lipinski definition) is 1. The van der Waals surface area contributed by atoms with Crippen molar-refractivity contribution in [2.45, 2.75) is 33.7 Å². The molecule has 0 aliphatic carbocycles. The van der Waals surface area contributed by atoms with Crippen LogP contribution < -0.4 is 5.73 Å². The number of nitrogens with zero attached hydrogens (tertiary/aromatic N) is 2. The molecule has 1 heterocycles. The fraction of sp³-hybridized carbons (Fsp3) is 0.750. The van der Waals surface area contributed by atoms with Crippen molar-refractivity contribution in [1.82, 2.24) is 10.2 Å². The molecule has 13 heavy (non-hydrogen) atoms. The molecule has 0 saturated carbocycles. The molecule has 0 aliphatic rings. The summed E-state index contributed by atoms with van der Waals surface area (Å²) in [6.07, 6.45) is 0. The van der Waals surface area contributed by atoms with E-state index < -0.39 is 0 Å². The lowest BCUT2D eigenvalue weighted by atomic mass is 9.88. The average molecular weight is 222 g/mol. The Morgan fingerprint density at radius 2 is 1.85 bits per heavy atom. The first-order valence-corrected chi connectivity index (χ1v) is 4.78. The van der Waals surface area contributed by atoms with Gasteiger partial charge in [0.25, 0.3) is 0 Å². The molecule has 0 unspecified atom stereocenters. The lowest BCUT2D eigenvalue weighted by Crippen LogP contribution is -2.26. The van der Waals surface area contributed by atoms with E-state index in [1.165, 1.54) is 0 Å². The van der Waals surface area contributed by atoms with Gasteiger partial charge in [0, 0.05) is 0 Å². The van der Waals surface area contributed by atoms with Crippen LogP contribution in [0.4, 0.5) is 0 Å². The minimum absolute atomic E-state index is 0. The number of aromatic nitrogens is 2. The molecule has 76 valence electrons. The van der Waals surface area contributed by atoms with E-state index >= 15 is 0 Å². The quantitative estimate of drug-likeness (QED) is 0.792. The third-order valence-electron chi connectivity index (χ3n) is 1.74. The van der Waals surface area contributed by atoms with Crippen molar-refractivity contribution in [2.75, 3.05) is 0 Å². The molecule has 1 rings (SSSR count). The van der Waals surface area contributed by atoms with E-state index in [0.717, 1.165) is 10.0 Å². The summed E-state index contributed by atoms with van der Waals surface area (Å²) in [6.45, 7) is 8.26. The topological polar surface area (TPSA) is 51.8 Å². The highest BCUT2D eigenvalue weighted by Crippen LogP contribution is 2.31. The van der Waals surface area contributed by atoms with Crippen molar-refractivity contribution in [3.05, 3.63) is 10.0 Å². The molecule has 1 atom stereocenters. The fourth-order valence-corrected chi connectivity index (χ4v) is 1.75. The monoisotopic (exact) mass is 221 g/mol. The van der Waals surface area contributed by atoms with Gasteiger partial charge in [-0.1, -0.05) is 20.8 Å². The first-order valence-electron chi connectivity index (χ1n) is 3.97. The van der Waals surface area contributed by atoms with Gasteiger partial charge in [-0.3, -0.25) is 0 Å². The Hall–Kier alpha value is -0.190. The Kier molecular flexibility index (Phi) is 4.29. The maximum absolute atomic E-state index is 5.99. The summed E-state index contributed by atoms with van der Waals surface area (Å²) >= 11 is 1.58. The number of halogens is 1. The van der Waals surface area contributed by atoms with Gasteiger partial charge in [0.15, 0.2) is 0 Å². The maximum atomic E-state index is 5.99. The van der Waals surface area contributed by atoms with Crippen molar-refractivity contribution < 1.29 is 0 Å². The molecule has 0 aromatic carbocycles. The maximum Gasteiger partial charge on any atom is 0.134 e. The van der Waals surface area contributed by atoms with Gasteiger partial charge in [0.1, 0.15) is 10.0 Å². The van der Waals surface area contributed by atoms with Crippen LogP contribution in [0, 0.1) is 12.3 Å². The van der Waals surface area contributed by atoms with E-state index in [-0.39, 0.29) is 23.9 Å². The van der Waals surface area contributed by atoms with E-state index in [1.807, 2.05) is 6.92 Å². The second kappa shape index (κ2) is 4.35. The normalized spacial score (nSPS) is 13.6. The molecule has 5 heteroatoms. The first-order chi connectivity index (χ1) is 5.41. The SMILES string of the molecule is Cc1nnc([C@@H](N)C(C)(C)C)s1.Cl. The van der Waals surface area contributed by atoms with Gasteiger partial charge in [-0.05, 0) is 12.3 Å². The first kappa shape index (κ1) is 12.8. The van der Waals surface area contributed by atoms with E-state index in [1.54, 1.807) is 11.3 Å². The van der Waals surface area contributed by atoms with Crippen LogP contribution in [0.3, 0.4) is 0 Å². The van der Waals surface area contributed by atoms with Crippen molar-refractivity contribution in [2.24, 2.45) is 11.1 Å². The van der Waals surface area contributed by atoms with Crippen molar-refractivity contribution in [1.29, 1.82) is 0 Å². The van der Waals surface area contributed by atoms with Gasteiger partial charge in [-0.2, -0.15) is 0 Å². The van der Waals surface area contributed by atoms with Crippen molar-refractivity contribution >= 4 is 23.7 Å². The van der Waals surface area contributed by atoms with Crippen LogP contribution >= 0.6 is 23.7 Å². The molecule has 0 bridgehead atoms. The van der Waals surface area contributed by atoms with Crippen LogP contribution in [0.5, 0.6) is 0 Å². The Morgan fingerprint density at radius 1 is 1.31 bits per heavy atom. The van der Waals surface area contributed by atoms with Crippen LogP contribution in [0.15, 0.2) is 0 Å². The summed E-state index contributed by atoms with van der Waals surface area (Å²) in [4.78, 5) is 0. The summed E-state index contributed by atoms with van der Waals surface area (Å²) in [5, 5.41) is 9.87. The van der Waals surface area contributed by atoms with Crippen LogP contribution in [-0.4, -0.2) is 10.2 Å². The summed E-state index contributed by atoms with van der Waals surface area (Å²) < 4.78 is 0. The minimum atomic E-state index is -0.0105. The highest BCUT2D eigenvalue weighted by molar-refractivity contribution is 7.11. The summed E-state index contributed by atoms with van der Waals surface area (Å²) in [5.41, 5.74) is 6.05. The van der Waals surface area contributed by atoms with Gasteiger partial charge >= 0.3 is 0 Å². The van der Waals surface area contributed by atoms with E-state index in [2.05, 4.69) is 31.0 Å². The van der Waals surface area contributed by atoms with Crippen LogP contribution in [0.2, 0.25) is 0 Å². The number of hydrogen-bond acceptors (Lipinski definition) is 4. The Morgan fingerprint density at radius 3 is 2.15 bits per heavy atom. The number of nitrogens with two attached hydrogens (primary N) is 1. The smallest absolute Gasteiger partial charge is 0.134 e. The third kappa shape index (κ3) is 3.21. The molecule has 1 aromatic rings. The second-order valence-electron chi connectivity index (χ2n) is 4.00. The highest BCUT2D eigenvalue weighted by Gasteiger charge is 2.25. The standard InChI is InChI=1S/C8H15N3S.ClH/c1-5-10-11-7(12-5)6(9)8(2,3)4;/h6H,9H2,1-4H3;1H/t6-;/m1./s1. The lowest BCUT2D eigenvalue weighted by Gasteiger charge is -2.24. The van der Waals surface area contributed by atoms with Gasteiger partial charge < -0.3 is 5.73 Å². The Bertz CT molecular complexity index is 267. The molecule has 0 spiro atoms. The summed E-state index contributed by atoms with van der Waals surface area (Å²) in [5.74, 6) is 0. The van der Waals surface area contributed by atoms with Crippen molar-refractivity contribution in [3.8, 4) is 0 Å². The molecule has 3 nitrogen and oxygen atoms in total. The largest absolute Gasteiger partial charge is 0.321 e. The predicted octanol–water partition coefficient (Wildman–Crippen LogP) is 2.31. The van der Waals surface area contributed by atoms with Crippen LogP contribution in [-0.2, 0) is 0 Å². The zero-order chi connectivity index (χ0) is 9.35. The second-order valence-corrected chi connectivity index (χ2v) is 5.22. The molecule has 1 aromatic heterocycles. The molecule has 0 aliphatic heterocycles. The molecule has 0 amide bonds. The zero-order valence-electron chi connectivity index (χ0n) is 8.37. The average Bonchev–Trinajstić information content (AvgIpc) is 2.32. The molecular formula is C8H16ClN3S. The number of rotatable bonds is 1. The zero-order valence-corrected chi connectivity index (χ0v) is 10.00. The fourth-order valence-electron chi connectivity index (χ4n) is 0.808. The Labute approximate surface area is 89.2 Å². The molecular weight excluding hydrogens is 206 g/mol. The molecule has 0 saturated heterocycles. The predicted molar refractivity (Wildman–Crippen MR) is 58.3 cm³/mol. The number of aryl methyl sites for hydroxylation is 1. The minimum Gasteiger partial charge on any atom is -0.321 e. The third-order valence-corrected chi connectivity index (χ3v) is 2.66. The van der Waals surface area contributed by atoms with Crippen LogP contribution in [0.1, 0.15) is 36.8 Å². The lowest BCUT2D eigenvalue weighted by molar-refractivity contribution is 0.325. The van der Waals surface area contributed by atoms with E-state index in [4.69, 9.17) is 5.73 Å². The van der Waals surface area contributed by atoms with Crippen molar-refractivity contribution in [3.63, 3.8) is 0 Å². The summed E-state index contributed by atoms with van der Waals surface area (Å²) in [6, 6.07) is -0.0105. The van der Waals surface area contributed by atoms with E-state index in [9.17, 15) is 0 Å². The Balaban J connectivity index is 0.00000144. The van der Waals surface area contributed by atoms with Gasteiger partial charge in [-0.15, -0.1) is 33.9 Å². The van der Waals surface area contributed by atoms with E-state index in [0.29, 0.717) is 0 Å². The van der Waals surface area contributed by atoms with Gasteiger partial charge in [-0.25, -0.2) is 0 Å². The van der Waals surface area contributed by atoms with Gasteiger partial charge in [0.05, 0.1) is 6.04 Å². The molecule has 0 fully saturated rings. The molecule has 0 radical (unpaired) electrons. The highest BCUT2D eigenvalue weighted by atomic mass is 35.5. The molecule has 2 N–H and O–H groups in total.